The number of aromatic nitrogens is 2. The predicted octanol–water partition coefficient (Wildman–Crippen LogP) is 2.41. The topological polar surface area (TPSA) is 143 Å². The van der Waals surface area contributed by atoms with Gasteiger partial charge >= 0.3 is 12.1 Å². The Bertz CT molecular complexity index is 1220. The van der Waals surface area contributed by atoms with E-state index in [9.17, 15) is 19.2 Å². The van der Waals surface area contributed by atoms with E-state index in [1.54, 1.807) is 45.7 Å². The van der Waals surface area contributed by atoms with E-state index < -0.39 is 47.9 Å². The van der Waals surface area contributed by atoms with Gasteiger partial charge < -0.3 is 29.4 Å². The lowest BCUT2D eigenvalue weighted by Crippen LogP contribution is -2.58. The number of ether oxygens (including phenoxy) is 3. The quantitative estimate of drug-likeness (QED) is 0.446. The number of amides is 3. The molecular weight excluding hydrogens is 518 g/mol. The molecule has 1 saturated heterocycles. The van der Waals surface area contributed by atoms with Gasteiger partial charge in [-0.2, -0.15) is 0 Å². The maximum atomic E-state index is 14.0. The molecule has 0 radical (unpaired) electrons. The zero-order valence-corrected chi connectivity index (χ0v) is 24.5. The molecule has 12 nitrogen and oxygen atoms in total. The van der Waals surface area contributed by atoms with Gasteiger partial charge in [0.1, 0.15) is 29.4 Å². The Labute approximate surface area is 234 Å². The molecule has 0 bridgehead atoms. The van der Waals surface area contributed by atoms with Crippen molar-refractivity contribution in [2.45, 2.75) is 90.3 Å². The SMILES string of the molecule is CO[C@H](C)[C@H](NC(=O)[C@H](C)N(C)C(=O)OC(C)(C)C)C(=O)N1C[C@@H](OC(C)=O)C[C@H]1Cc1c[nH]c2ncccc12. The van der Waals surface area contributed by atoms with Gasteiger partial charge in [-0.05, 0) is 58.7 Å². The normalized spacial score (nSPS) is 19.6. The number of likely N-dealkylation sites (N-methyl/N-ethyl adjacent to an activating group) is 1. The van der Waals surface area contributed by atoms with Gasteiger partial charge in [0, 0.05) is 51.3 Å². The fraction of sp³-hybridized carbons (Fsp3) is 0.607. The van der Waals surface area contributed by atoms with E-state index in [0.717, 1.165) is 16.6 Å². The van der Waals surface area contributed by atoms with Crippen molar-refractivity contribution in [3.63, 3.8) is 0 Å². The summed E-state index contributed by atoms with van der Waals surface area (Å²) in [6, 6.07) is 1.53. The van der Waals surface area contributed by atoms with Crippen molar-refractivity contribution in [3.8, 4) is 0 Å². The number of rotatable bonds is 9. The van der Waals surface area contributed by atoms with Crippen LogP contribution in [0.3, 0.4) is 0 Å². The predicted molar refractivity (Wildman–Crippen MR) is 147 cm³/mol. The van der Waals surface area contributed by atoms with E-state index in [0.29, 0.717) is 12.8 Å². The number of hydrogen-bond donors (Lipinski definition) is 2. The molecule has 0 spiro atoms. The van der Waals surface area contributed by atoms with Crippen LogP contribution >= 0.6 is 0 Å². The maximum Gasteiger partial charge on any atom is 0.410 e. The second-order valence-electron chi connectivity index (χ2n) is 11.2. The van der Waals surface area contributed by atoms with Crippen LogP contribution < -0.4 is 5.32 Å². The number of likely N-dealkylation sites (tertiary alicyclic amines) is 1. The number of fused-ring (bicyclic) bond motifs is 1. The third-order valence-electron chi connectivity index (χ3n) is 7.03. The van der Waals surface area contributed by atoms with E-state index in [2.05, 4.69) is 15.3 Å². The highest BCUT2D eigenvalue weighted by atomic mass is 16.6. The lowest BCUT2D eigenvalue weighted by atomic mass is 10.0. The number of hydrogen-bond acceptors (Lipinski definition) is 8. The van der Waals surface area contributed by atoms with Crippen molar-refractivity contribution in [1.29, 1.82) is 0 Å². The van der Waals surface area contributed by atoms with Crippen molar-refractivity contribution in [3.05, 3.63) is 30.1 Å². The Balaban J connectivity index is 1.82. The lowest BCUT2D eigenvalue weighted by Gasteiger charge is -2.33. The first-order valence-corrected chi connectivity index (χ1v) is 13.4. The summed E-state index contributed by atoms with van der Waals surface area (Å²) in [5.41, 5.74) is 0.989. The molecule has 3 rings (SSSR count). The molecule has 220 valence electrons. The zero-order valence-electron chi connectivity index (χ0n) is 24.5. The molecule has 2 aromatic rings. The van der Waals surface area contributed by atoms with Crippen molar-refractivity contribution in [2.75, 3.05) is 20.7 Å². The van der Waals surface area contributed by atoms with Crippen molar-refractivity contribution < 1.29 is 33.4 Å². The van der Waals surface area contributed by atoms with Gasteiger partial charge in [-0.25, -0.2) is 9.78 Å². The van der Waals surface area contributed by atoms with Crippen LogP contribution in [0.15, 0.2) is 24.5 Å². The molecular formula is C28H41N5O7. The highest BCUT2D eigenvalue weighted by Crippen LogP contribution is 2.28. The minimum absolute atomic E-state index is 0.180. The van der Waals surface area contributed by atoms with Gasteiger partial charge in [-0.1, -0.05) is 0 Å². The summed E-state index contributed by atoms with van der Waals surface area (Å²) in [5, 5.41) is 3.72. The molecule has 1 fully saturated rings. The number of carbonyl (C=O) groups excluding carboxylic acids is 4. The fourth-order valence-electron chi connectivity index (χ4n) is 4.73. The highest BCUT2D eigenvalue weighted by molar-refractivity contribution is 5.92. The molecule has 0 saturated carbocycles. The first-order valence-electron chi connectivity index (χ1n) is 13.4. The van der Waals surface area contributed by atoms with Crippen molar-refractivity contribution >= 4 is 34.9 Å². The van der Waals surface area contributed by atoms with E-state index in [4.69, 9.17) is 14.2 Å². The molecule has 40 heavy (non-hydrogen) atoms. The average molecular weight is 560 g/mol. The van der Waals surface area contributed by atoms with Gasteiger partial charge in [0.25, 0.3) is 0 Å². The largest absolute Gasteiger partial charge is 0.461 e. The molecule has 0 unspecified atom stereocenters. The van der Waals surface area contributed by atoms with E-state index in [1.165, 1.54) is 26.0 Å². The molecule has 2 N–H and O–H groups in total. The Morgan fingerprint density at radius 2 is 1.95 bits per heavy atom. The van der Waals surface area contributed by atoms with Crippen LogP contribution in [0, 0.1) is 0 Å². The molecule has 0 aliphatic carbocycles. The standard InChI is InChI=1S/C28H41N5O7/c1-16(32(7)27(37)40-28(4,5)6)25(35)31-23(17(2)38-8)26(36)33-15-21(39-18(3)34)13-20(33)12-19-14-30-24-22(19)10-9-11-29-24/h9-11,14,16-17,20-21,23H,12-13,15H2,1-8H3,(H,29,30)(H,31,35)/t16-,17+,20+,21-,23-/m0/s1. The molecule has 5 atom stereocenters. The monoisotopic (exact) mass is 559 g/mol. The number of aromatic amines is 1. The molecule has 12 heteroatoms. The van der Waals surface area contributed by atoms with Gasteiger partial charge in [0.2, 0.25) is 11.8 Å². The number of nitrogens with zero attached hydrogens (tertiary/aromatic N) is 3. The number of nitrogens with one attached hydrogen (secondary N) is 2. The van der Waals surface area contributed by atoms with E-state index in [1.807, 2.05) is 18.3 Å². The van der Waals surface area contributed by atoms with Crippen LogP contribution in [0.4, 0.5) is 4.79 Å². The van der Waals surface area contributed by atoms with Crippen LogP contribution in [0.25, 0.3) is 11.0 Å². The molecule has 2 aromatic heterocycles. The average Bonchev–Trinajstić information content (AvgIpc) is 3.47. The summed E-state index contributed by atoms with van der Waals surface area (Å²) < 4.78 is 16.3. The summed E-state index contributed by atoms with van der Waals surface area (Å²) in [7, 11) is 2.92. The Morgan fingerprint density at radius 1 is 1.25 bits per heavy atom. The highest BCUT2D eigenvalue weighted by Gasteiger charge is 2.42. The van der Waals surface area contributed by atoms with Gasteiger partial charge in [-0.15, -0.1) is 0 Å². The third-order valence-corrected chi connectivity index (χ3v) is 7.03. The van der Waals surface area contributed by atoms with Crippen molar-refractivity contribution in [1.82, 2.24) is 25.1 Å². The van der Waals surface area contributed by atoms with Gasteiger partial charge in [0.15, 0.2) is 0 Å². The van der Waals surface area contributed by atoms with Crippen LogP contribution in [0.2, 0.25) is 0 Å². The van der Waals surface area contributed by atoms with Gasteiger partial charge in [0.05, 0.1) is 12.6 Å². The number of pyridine rings is 1. The molecule has 0 aromatic carbocycles. The first kappa shape index (κ1) is 30.9. The maximum absolute atomic E-state index is 14.0. The zero-order chi connectivity index (χ0) is 29.8. The number of H-pyrrole nitrogens is 1. The Morgan fingerprint density at radius 3 is 2.58 bits per heavy atom. The van der Waals surface area contributed by atoms with Crippen LogP contribution in [0.1, 0.15) is 53.5 Å². The molecule has 3 amide bonds. The molecule has 3 heterocycles. The second kappa shape index (κ2) is 12.7. The number of carbonyl (C=O) groups is 4. The number of methoxy groups -OCH3 is 1. The lowest BCUT2D eigenvalue weighted by molar-refractivity contribution is -0.147. The smallest absolute Gasteiger partial charge is 0.410 e. The minimum Gasteiger partial charge on any atom is -0.461 e. The summed E-state index contributed by atoms with van der Waals surface area (Å²) in [5.74, 6) is -1.33. The summed E-state index contributed by atoms with van der Waals surface area (Å²) in [6.45, 7) is 9.97. The second-order valence-corrected chi connectivity index (χ2v) is 11.2. The fourth-order valence-corrected chi connectivity index (χ4v) is 4.73. The minimum atomic E-state index is -1.05. The van der Waals surface area contributed by atoms with Crippen LogP contribution in [-0.2, 0) is 35.0 Å². The first-order chi connectivity index (χ1) is 18.7. The van der Waals surface area contributed by atoms with Gasteiger partial charge in [-0.3, -0.25) is 19.3 Å². The third kappa shape index (κ3) is 7.50. The Kier molecular flexibility index (Phi) is 9.78. The molecule has 1 aliphatic heterocycles. The van der Waals surface area contributed by atoms with Crippen LogP contribution in [0.5, 0.6) is 0 Å². The summed E-state index contributed by atoms with van der Waals surface area (Å²) in [4.78, 5) is 61.8. The summed E-state index contributed by atoms with van der Waals surface area (Å²) >= 11 is 0. The van der Waals surface area contributed by atoms with E-state index in [-0.39, 0.29) is 18.5 Å². The van der Waals surface area contributed by atoms with Crippen molar-refractivity contribution in [2.24, 2.45) is 0 Å². The van der Waals surface area contributed by atoms with E-state index >= 15 is 0 Å². The van der Waals surface area contributed by atoms with Crippen LogP contribution in [-0.4, -0.2) is 100 Å². The summed E-state index contributed by atoms with van der Waals surface area (Å²) in [6.07, 6.45) is 2.68. The molecule has 1 aliphatic rings. The Hall–Kier alpha value is -3.67. The number of esters is 1.